The minimum absolute atomic E-state index is 0.731. The number of hydrogen-bond donors (Lipinski definition) is 1. The molecule has 4 unspecified atom stereocenters. The Morgan fingerprint density at radius 1 is 1.26 bits per heavy atom. The SMILES string of the molecule is CCC1CCC(C(CC2Cc3ccccc32)NC)C1. The minimum atomic E-state index is 0.731. The van der Waals surface area contributed by atoms with Crippen LogP contribution in [0.15, 0.2) is 24.3 Å². The largest absolute Gasteiger partial charge is 0.317 e. The van der Waals surface area contributed by atoms with Gasteiger partial charge in [-0.15, -0.1) is 0 Å². The Balaban J connectivity index is 1.60. The van der Waals surface area contributed by atoms with E-state index in [1.165, 1.54) is 38.5 Å². The van der Waals surface area contributed by atoms with Crippen LogP contribution in [0.3, 0.4) is 0 Å². The van der Waals surface area contributed by atoms with Gasteiger partial charge in [-0.1, -0.05) is 44.0 Å². The fraction of sp³-hybridized carbons (Fsp3) is 0.667. The first-order valence-corrected chi connectivity index (χ1v) is 8.06. The standard InChI is InChI=1S/C18H27N/c1-3-13-8-9-15(10-13)18(19-2)12-16-11-14-6-4-5-7-17(14)16/h4-7,13,15-16,18-19H,3,8-12H2,1-2H3. The summed E-state index contributed by atoms with van der Waals surface area (Å²) in [5, 5.41) is 3.62. The zero-order valence-corrected chi connectivity index (χ0v) is 12.4. The lowest BCUT2D eigenvalue weighted by molar-refractivity contribution is 0.318. The predicted octanol–water partition coefficient (Wildman–Crippen LogP) is 4.13. The third-order valence-corrected chi connectivity index (χ3v) is 5.60. The summed E-state index contributed by atoms with van der Waals surface area (Å²) in [5.74, 6) is 2.73. The molecule has 0 amide bonds. The highest BCUT2D eigenvalue weighted by molar-refractivity contribution is 5.39. The van der Waals surface area contributed by atoms with E-state index in [0.717, 1.165) is 23.8 Å². The summed E-state index contributed by atoms with van der Waals surface area (Å²) in [5.41, 5.74) is 3.20. The Labute approximate surface area is 117 Å². The second kappa shape index (κ2) is 5.66. The molecule has 1 nitrogen and oxygen atoms in total. The van der Waals surface area contributed by atoms with Crippen molar-refractivity contribution in [3.63, 3.8) is 0 Å². The Morgan fingerprint density at radius 2 is 2.11 bits per heavy atom. The first kappa shape index (κ1) is 13.2. The highest BCUT2D eigenvalue weighted by atomic mass is 14.9. The quantitative estimate of drug-likeness (QED) is 0.836. The molecule has 0 heterocycles. The molecule has 2 aliphatic rings. The highest BCUT2D eigenvalue weighted by Gasteiger charge is 2.33. The molecular formula is C18H27N. The van der Waals surface area contributed by atoms with E-state index in [1.54, 1.807) is 11.1 Å². The van der Waals surface area contributed by atoms with Gasteiger partial charge in [-0.2, -0.15) is 0 Å². The summed E-state index contributed by atoms with van der Waals surface area (Å²) < 4.78 is 0. The molecule has 0 aromatic heterocycles. The van der Waals surface area contributed by atoms with Gasteiger partial charge in [0.15, 0.2) is 0 Å². The Kier molecular flexibility index (Phi) is 3.93. The average molecular weight is 257 g/mol. The van der Waals surface area contributed by atoms with Crippen molar-refractivity contribution < 1.29 is 0 Å². The van der Waals surface area contributed by atoms with Gasteiger partial charge in [0.25, 0.3) is 0 Å². The van der Waals surface area contributed by atoms with Crippen LogP contribution in [0.1, 0.15) is 56.1 Å². The molecule has 0 aliphatic heterocycles. The van der Waals surface area contributed by atoms with Gasteiger partial charge in [-0.3, -0.25) is 0 Å². The molecule has 0 saturated heterocycles. The Hall–Kier alpha value is -0.820. The third-order valence-electron chi connectivity index (χ3n) is 5.60. The number of rotatable bonds is 5. The molecule has 1 heteroatoms. The summed E-state index contributed by atoms with van der Waals surface area (Å²) >= 11 is 0. The van der Waals surface area contributed by atoms with Crippen LogP contribution in [-0.2, 0) is 6.42 Å². The maximum atomic E-state index is 3.62. The molecule has 1 aromatic carbocycles. The number of fused-ring (bicyclic) bond motifs is 1. The Bertz CT molecular complexity index is 425. The van der Waals surface area contributed by atoms with Gasteiger partial charge in [0, 0.05) is 6.04 Å². The summed E-state index contributed by atoms with van der Waals surface area (Å²) in [7, 11) is 2.16. The lowest BCUT2D eigenvalue weighted by Gasteiger charge is -2.35. The smallest absolute Gasteiger partial charge is 0.00983 e. The van der Waals surface area contributed by atoms with Crippen molar-refractivity contribution in [3.8, 4) is 0 Å². The molecule has 0 radical (unpaired) electrons. The summed E-state index contributed by atoms with van der Waals surface area (Å²) in [6, 6.07) is 9.73. The summed E-state index contributed by atoms with van der Waals surface area (Å²) in [6.45, 7) is 2.35. The van der Waals surface area contributed by atoms with Gasteiger partial charge >= 0.3 is 0 Å². The van der Waals surface area contributed by atoms with E-state index < -0.39 is 0 Å². The van der Waals surface area contributed by atoms with Crippen molar-refractivity contribution in [3.05, 3.63) is 35.4 Å². The average Bonchev–Trinajstić information content (AvgIpc) is 2.89. The second-order valence-electron chi connectivity index (χ2n) is 6.58. The number of nitrogens with one attached hydrogen (secondary N) is 1. The lowest BCUT2D eigenvalue weighted by atomic mass is 9.73. The third kappa shape index (κ3) is 2.58. The van der Waals surface area contributed by atoms with Crippen LogP contribution in [0, 0.1) is 11.8 Å². The van der Waals surface area contributed by atoms with Crippen molar-refractivity contribution in [1.29, 1.82) is 0 Å². The molecule has 0 spiro atoms. The van der Waals surface area contributed by atoms with Gasteiger partial charge in [0.05, 0.1) is 0 Å². The molecule has 1 aromatic rings. The van der Waals surface area contributed by atoms with Gasteiger partial charge < -0.3 is 5.32 Å². The summed E-state index contributed by atoms with van der Waals surface area (Å²) in [4.78, 5) is 0. The molecule has 1 N–H and O–H groups in total. The van der Waals surface area contributed by atoms with Crippen molar-refractivity contribution in [1.82, 2.24) is 5.32 Å². The van der Waals surface area contributed by atoms with E-state index in [4.69, 9.17) is 0 Å². The zero-order chi connectivity index (χ0) is 13.2. The van der Waals surface area contributed by atoms with Crippen LogP contribution < -0.4 is 5.32 Å². The van der Waals surface area contributed by atoms with Crippen LogP contribution in [0.4, 0.5) is 0 Å². The molecule has 1 fully saturated rings. The summed E-state index contributed by atoms with van der Waals surface area (Å²) in [6.07, 6.45) is 8.38. The zero-order valence-electron chi connectivity index (χ0n) is 12.4. The van der Waals surface area contributed by atoms with Crippen LogP contribution in [-0.4, -0.2) is 13.1 Å². The van der Waals surface area contributed by atoms with E-state index in [0.29, 0.717) is 0 Å². The second-order valence-corrected chi connectivity index (χ2v) is 6.58. The van der Waals surface area contributed by atoms with E-state index in [9.17, 15) is 0 Å². The van der Waals surface area contributed by atoms with Gasteiger partial charge in [-0.25, -0.2) is 0 Å². The molecule has 19 heavy (non-hydrogen) atoms. The van der Waals surface area contributed by atoms with E-state index in [1.807, 2.05) is 0 Å². The molecular weight excluding hydrogens is 230 g/mol. The molecule has 104 valence electrons. The van der Waals surface area contributed by atoms with Crippen LogP contribution in [0.5, 0.6) is 0 Å². The highest BCUT2D eigenvalue weighted by Crippen LogP contribution is 2.42. The van der Waals surface area contributed by atoms with Gasteiger partial charge in [0.1, 0.15) is 0 Å². The first-order valence-electron chi connectivity index (χ1n) is 8.06. The van der Waals surface area contributed by atoms with Crippen LogP contribution in [0.25, 0.3) is 0 Å². The maximum absolute atomic E-state index is 3.62. The van der Waals surface area contributed by atoms with Crippen LogP contribution >= 0.6 is 0 Å². The lowest BCUT2D eigenvalue weighted by Crippen LogP contribution is -2.36. The molecule has 2 aliphatic carbocycles. The molecule has 4 atom stereocenters. The number of benzene rings is 1. The molecule has 0 bridgehead atoms. The predicted molar refractivity (Wildman–Crippen MR) is 81.5 cm³/mol. The van der Waals surface area contributed by atoms with Gasteiger partial charge in [-0.05, 0) is 61.6 Å². The van der Waals surface area contributed by atoms with Crippen molar-refractivity contribution in [2.75, 3.05) is 7.05 Å². The Morgan fingerprint density at radius 3 is 2.79 bits per heavy atom. The van der Waals surface area contributed by atoms with Crippen LogP contribution in [0.2, 0.25) is 0 Å². The maximum Gasteiger partial charge on any atom is 0.00983 e. The monoisotopic (exact) mass is 257 g/mol. The molecule has 1 saturated carbocycles. The van der Waals surface area contributed by atoms with Crippen molar-refractivity contribution >= 4 is 0 Å². The number of hydrogen-bond acceptors (Lipinski definition) is 1. The van der Waals surface area contributed by atoms with Gasteiger partial charge in [0.2, 0.25) is 0 Å². The van der Waals surface area contributed by atoms with E-state index in [-0.39, 0.29) is 0 Å². The van der Waals surface area contributed by atoms with Crippen molar-refractivity contribution in [2.45, 2.75) is 57.4 Å². The fourth-order valence-electron chi connectivity index (χ4n) is 4.28. The van der Waals surface area contributed by atoms with Crippen molar-refractivity contribution in [2.24, 2.45) is 11.8 Å². The minimum Gasteiger partial charge on any atom is -0.317 e. The van der Waals surface area contributed by atoms with E-state index in [2.05, 4.69) is 43.6 Å². The molecule has 3 rings (SSSR count). The van der Waals surface area contributed by atoms with E-state index >= 15 is 0 Å². The topological polar surface area (TPSA) is 12.0 Å². The normalized spacial score (nSPS) is 30.7. The fourth-order valence-corrected chi connectivity index (χ4v) is 4.28. The first-order chi connectivity index (χ1) is 9.31.